The van der Waals surface area contributed by atoms with Gasteiger partial charge in [-0.2, -0.15) is 5.10 Å². The third-order valence-electron chi connectivity index (χ3n) is 4.42. The highest BCUT2D eigenvalue weighted by Crippen LogP contribution is 2.19. The largest absolute Gasteiger partial charge is 0.346 e. The predicted octanol–water partition coefficient (Wildman–Crippen LogP) is 2.69. The lowest BCUT2D eigenvalue weighted by atomic mass is 9.95. The lowest BCUT2D eigenvalue weighted by molar-refractivity contribution is 0.0910. The van der Waals surface area contributed by atoms with Gasteiger partial charge in [-0.1, -0.05) is 18.5 Å². The Bertz CT molecular complexity index is 761. The molecule has 1 aliphatic heterocycles. The van der Waals surface area contributed by atoms with Crippen LogP contribution in [0.4, 0.5) is 0 Å². The zero-order valence-electron chi connectivity index (χ0n) is 14.5. The molecule has 8 heteroatoms. The minimum atomic E-state index is -0.246. The van der Waals surface area contributed by atoms with Gasteiger partial charge in [0.1, 0.15) is 5.69 Å². The van der Waals surface area contributed by atoms with Gasteiger partial charge in [-0.3, -0.25) is 4.79 Å². The van der Waals surface area contributed by atoms with E-state index in [2.05, 4.69) is 27.6 Å². The standard InChI is InChI=1S/C17H22ClN5O.ClH/c1-10-6-7-19-9-14(10)20-17(24)16-13(18)4-5-15(21-16)23-12(3)8-11(2)22-23;/h4-5,8,10,14,19H,6-7,9H2,1-3H3,(H,20,24);1H. The van der Waals surface area contributed by atoms with Crippen LogP contribution in [0.3, 0.4) is 0 Å². The number of amides is 1. The number of nitrogens with zero attached hydrogens (tertiary/aromatic N) is 3. The highest BCUT2D eigenvalue weighted by molar-refractivity contribution is 6.33. The zero-order valence-corrected chi connectivity index (χ0v) is 16.1. The Morgan fingerprint density at radius 1 is 1.40 bits per heavy atom. The molecule has 3 rings (SSSR count). The second kappa shape index (κ2) is 8.17. The van der Waals surface area contributed by atoms with E-state index in [1.807, 2.05) is 19.9 Å². The van der Waals surface area contributed by atoms with E-state index in [1.54, 1.807) is 16.8 Å². The second-order valence-electron chi connectivity index (χ2n) is 6.39. The van der Waals surface area contributed by atoms with Crippen molar-refractivity contribution in [2.75, 3.05) is 13.1 Å². The summed E-state index contributed by atoms with van der Waals surface area (Å²) in [6.07, 6.45) is 1.04. The number of hydrogen-bond donors (Lipinski definition) is 2. The van der Waals surface area contributed by atoms with Crippen LogP contribution in [0.15, 0.2) is 18.2 Å². The van der Waals surface area contributed by atoms with E-state index in [1.165, 1.54) is 0 Å². The molecule has 0 spiro atoms. The third-order valence-corrected chi connectivity index (χ3v) is 4.72. The topological polar surface area (TPSA) is 71.8 Å². The van der Waals surface area contributed by atoms with Crippen LogP contribution >= 0.6 is 24.0 Å². The summed E-state index contributed by atoms with van der Waals surface area (Å²) in [5.74, 6) is 0.766. The molecular weight excluding hydrogens is 361 g/mol. The van der Waals surface area contributed by atoms with E-state index in [4.69, 9.17) is 11.6 Å². The summed E-state index contributed by atoms with van der Waals surface area (Å²) in [5, 5.41) is 11.1. The van der Waals surface area contributed by atoms with E-state index in [-0.39, 0.29) is 30.0 Å². The summed E-state index contributed by atoms with van der Waals surface area (Å²) in [6.45, 7) is 7.77. The molecule has 2 aromatic rings. The molecule has 0 aromatic carbocycles. The van der Waals surface area contributed by atoms with Crippen LogP contribution in [0.1, 0.15) is 35.2 Å². The average Bonchev–Trinajstić information content (AvgIpc) is 2.88. The maximum Gasteiger partial charge on any atom is 0.271 e. The Balaban J connectivity index is 0.00000225. The molecule has 0 aliphatic carbocycles. The molecule has 2 atom stereocenters. The first-order chi connectivity index (χ1) is 11.5. The normalized spacial score (nSPS) is 20.0. The van der Waals surface area contributed by atoms with Gasteiger partial charge in [0.25, 0.3) is 5.91 Å². The molecule has 2 N–H and O–H groups in total. The van der Waals surface area contributed by atoms with Crippen molar-refractivity contribution in [2.24, 2.45) is 5.92 Å². The van der Waals surface area contributed by atoms with Gasteiger partial charge in [0.05, 0.1) is 10.7 Å². The Morgan fingerprint density at radius 2 is 2.16 bits per heavy atom. The summed E-state index contributed by atoms with van der Waals surface area (Å²) >= 11 is 6.21. The highest BCUT2D eigenvalue weighted by Gasteiger charge is 2.25. The minimum absolute atomic E-state index is 0. The van der Waals surface area contributed by atoms with Gasteiger partial charge in [0, 0.05) is 18.3 Å². The SMILES string of the molecule is Cc1cc(C)n(-c2ccc(Cl)c(C(=O)NC3CNCCC3C)n2)n1.Cl. The van der Waals surface area contributed by atoms with E-state index >= 15 is 0 Å². The fraction of sp³-hybridized carbons (Fsp3) is 0.471. The summed E-state index contributed by atoms with van der Waals surface area (Å²) in [5.41, 5.74) is 2.09. The van der Waals surface area contributed by atoms with Crippen LogP contribution < -0.4 is 10.6 Å². The Kier molecular flexibility index (Phi) is 6.43. The lowest BCUT2D eigenvalue weighted by Gasteiger charge is -2.30. The molecule has 2 aromatic heterocycles. The molecule has 25 heavy (non-hydrogen) atoms. The van der Waals surface area contributed by atoms with Crippen LogP contribution in [0, 0.1) is 19.8 Å². The fourth-order valence-electron chi connectivity index (χ4n) is 2.99. The molecule has 136 valence electrons. The van der Waals surface area contributed by atoms with Gasteiger partial charge in [0.2, 0.25) is 0 Å². The summed E-state index contributed by atoms with van der Waals surface area (Å²) in [6, 6.07) is 5.51. The van der Waals surface area contributed by atoms with Crippen LogP contribution in [0.25, 0.3) is 5.82 Å². The van der Waals surface area contributed by atoms with Gasteiger partial charge in [-0.25, -0.2) is 9.67 Å². The van der Waals surface area contributed by atoms with E-state index < -0.39 is 0 Å². The Morgan fingerprint density at radius 3 is 2.80 bits per heavy atom. The summed E-state index contributed by atoms with van der Waals surface area (Å²) < 4.78 is 1.72. The number of halogens is 2. The maximum absolute atomic E-state index is 12.6. The van der Waals surface area contributed by atoms with E-state index in [9.17, 15) is 4.79 Å². The number of nitrogens with one attached hydrogen (secondary N) is 2. The molecule has 1 saturated heterocycles. The molecule has 6 nitrogen and oxygen atoms in total. The van der Waals surface area contributed by atoms with Crippen molar-refractivity contribution in [1.29, 1.82) is 0 Å². The smallest absolute Gasteiger partial charge is 0.271 e. The highest BCUT2D eigenvalue weighted by atomic mass is 35.5. The number of hydrogen-bond acceptors (Lipinski definition) is 4. The van der Waals surface area contributed by atoms with Crippen molar-refractivity contribution in [1.82, 2.24) is 25.4 Å². The van der Waals surface area contributed by atoms with Crippen molar-refractivity contribution in [2.45, 2.75) is 33.2 Å². The first-order valence-corrected chi connectivity index (χ1v) is 8.55. The van der Waals surface area contributed by atoms with Crippen LogP contribution in [0.2, 0.25) is 5.02 Å². The maximum atomic E-state index is 12.6. The summed E-state index contributed by atoms with van der Waals surface area (Å²) in [4.78, 5) is 17.1. The van der Waals surface area contributed by atoms with Crippen molar-refractivity contribution in [3.8, 4) is 5.82 Å². The minimum Gasteiger partial charge on any atom is -0.346 e. The van der Waals surface area contributed by atoms with Crippen molar-refractivity contribution < 1.29 is 4.79 Å². The molecule has 3 heterocycles. The molecular formula is C17H23Cl2N5O. The molecule has 1 amide bonds. The number of pyridine rings is 1. The fourth-order valence-corrected chi connectivity index (χ4v) is 3.18. The quantitative estimate of drug-likeness (QED) is 0.854. The predicted molar refractivity (Wildman–Crippen MR) is 101 cm³/mol. The van der Waals surface area contributed by atoms with Crippen LogP contribution in [-0.4, -0.2) is 39.8 Å². The zero-order chi connectivity index (χ0) is 17.3. The van der Waals surface area contributed by atoms with Crippen molar-refractivity contribution in [3.05, 3.63) is 40.3 Å². The number of aryl methyl sites for hydroxylation is 2. The third kappa shape index (κ3) is 4.32. The van der Waals surface area contributed by atoms with Crippen molar-refractivity contribution >= 4 is 29.9 Å². The second-order valence-corrected chi connectivity index (χ2v) is 6.80. The molecule has 2 unspecified atom stereocenters. The van der Waals surface area contributed by atoms with Crippen LogP contribution in [-0.2, 0) is 0 Å². The number of piperidine rings is 1. The number of carbonyl (C=O) groups is 1. The number of rotatable bonds is 3. The Hall–Kier alpha value is -1.63. The van der Waals surface area contributed by atoms with Gasteiger partial charge < -0.3 is 10.6 Å². The van der Waals surface area contributed by atoms with Gasteiger partial charge in [-0.05, 0) is 50.9 Å². The molecule has 0 bridgehead atoms. The first kappa shape index (κ1) is 19.7. The van der Waals surface area contributed by atoms with Crippen LogP contribution in [0.5, 0.6) is 0 Å². The van der Waals surface area contributed by atoms with E-state index in [0.717, 1.165) is 30.9 Å². The summed E-state index contributed by atoms with van der Waals surface area (Å²) in [7, 11) is 0. The molecule has 0 saturated carbocycles. The van der Waals surface area contributed by atoms with E-state index in [0.29, 0.717) is 16.8 Å². The first-order valence-electron chi connectivity index (χ1n) is 8.17. The number of aromatic nitrogens is 3. The van der Waals surface area contributed by atoms with Gasteiger partial charge in [-0.15, -0.1) is 12.4 Å². The molecule has 0 radical (unpaired) electrons. The number of carbonyl (C=O) groups excluding carboxylic acids is 1. The van der Waals surface area contributed by atoms with Crippen molar-refractivity contribution in [3.63, 3.8) is 0 Å². The van der Waals surface area contributed by atoms with Gasteiger partial charge >= 0.3 is 0 Å². The molecule has 1 aliphatic rings. The monoisotopic (exact) mass is 383 g/mol. The Labute approximate surface area is 158 Å². The van der Waals surface area contributed by atoms with Gasteiger partial charge in [0.15, 0.2) is 5.82 Å². The average molecular weight is 384 g/mol. The lowest BCUT2D eigenvalue weighted by Crippen LogP contribution is -2.50. The molecule has 1 fully saturated rings.